The zero-order chi connectivity index (χ0) is 15.9. The van der Waals surface area contributed by atoms with Gasteiger partial charge in [0.1, 0.15) is 6.61 Å². The fraction of sp³-hybridized carbons (Fsp3) is 0.364. The lowest BCUT2D eigenvalue weighted by atomic mass is 10.2. The van der Waals surface area contributed by atoms with E-state index in [4.69, 9.17) is 40.5 Å². The van der Waals surface area contributed by atoms with Crippen molar-refractivity contribution in [2.24, 2.45) is 10.7 Å². The molecule has 0 saturated carbocycles. The molecule has 6 nitrogen and oxygen atoms in total. The molecule has 118 valence electrons. The lowest BCUT2D eigenvalue weighted by Gasteiger charge is -2.12. The molecule has 0 saturated heterocycles. The Kier molecular flexibility index (Phi) is 7.02. The molecule has 0 aliphatic heterocycles. The molecule has 0 aliphatic carbocycles. The van der Waals surface area contributed by atoms with Crippen molar-refractivity contribution in [3.05, 3.63) is 35.9 Å². The molecule has 3 N–H and O–H groups in total. The van der Waals surface area contributed by atoms with Gasteiger partial charge in [-0.15, -0.1) is 0 Å². The Morgan fingerprint density at radius 3 is 2.48 bits per heavy atom. The second-order valence-electron chi connectivity index (χ2n) is 3.94. The predicted octanol–water partition coefficient (Wildman–Crippen LogP) is 1.77. The fourth-order valence-corrected chi connectivity index (χ4v) is 2.35. The molecule has 0 atom stereocenters. The Balaban J connectivity index is 2.44. The van der Waals surface area contributed by atoms with Crippen LogP contribution in [0.5, 0.6) is 0 Å². The van der Waals surface area contributed by atoms with E-state index in [0.29, 0.717) is 13.0 Å². The lowest BCUT2D eigenvalue weighted by Crippen LogP contribution is -2.39. The molecule has 10 heteroatoms. The van der Waals surface area contributed by atoms with Crippen molar-refractivity contribution in [1.29, 1.82) is 0 Å². The number of nitrogens with one attached hydrogen (secondary N) is 1. The van der Waals surface area contributed by atoms with Gasteiger partial charge in [-0.25, -0.2) is 8.91 Å². The van der Waals surface area contributed by atoms with Crippen LogP contribution in [0.4, 0.5) is 0 Å². The third kappa shape index (κ3) is 9.00. The van der Waals surface area contributed by atoms with Crippen LogP contribution in [0.25, 0.3) is 0 Å². The standard InChI is InChI=1S/C11H14Cl3N3O3S/c12-11(13,14)8-20-21(18,19)17-10(15)16-7-6-9-4-2-1-3-5-9/h1-5H,6-8H2,(H3,15,16,17). The van der Waals surface area contributed by atoms with E-state index in [-0.39, 0.29) is 5.96 Å². The van der Waals surface area contributed by atoms with Crippen molar-refractivity contribution in [2.75, 3.05) is 13.2 Å². The number of rotatable bonds is 6. The maximum atomic E-state index is 11.5. The van der Waals surface area contributed by atoms with Crippen LogP contribution < -0.4 is 10.5 Å². The Morgan fingerprint density at radius 1 is 1.29 bits per heavy atom. The van der Waals surface area contributed by atoms with Crippen LogP contribution in [0.3, 0.4) is 0 Å². The van der Waals surface area contributed by atoms with Gasteiger partial charge in [0.05, 0.1) is 0 Å². The van der Waals surface area contributed by atoms with E-state index < -0.39 is 20.7 Å². The van der Waals surface area contributed by atoms with Crippen molar-refractivity contribution in [1.82, 2.24) is 4.72 Å². The Morgan fingerprint density at radius 2 is 1.90 bits per heavy atom. The minimum atomic E-state index is -4.17. The molecule has 1 rings (SSSR count). The van der Waals surface area contributed by atoms with Gasteiger partial charge < -0.3 is 5.73 Å². The summed E-state index contributed by atoms with van der Waals surface area (Å²) >= 11 is 16.1. The number of benzene rings is 1. The van der Waals surface area contributed by atoms with Gasteiger partial charge in [-0.3, -0.25) is 4.99 Å². The second-order valence-corrected chi connectivity index (χ2v) is 7.80. The molecule has 0 unspecified atom stereocenters. The molecule has 1 aromatic carbocycles. The monoisotopic (exact) mass is 373 g/mol. The van der Waals surface area contributed by atoms with Crippen molar-refractivity contribution >= 4 is 51.1 Å². The largest absolute Gasteiger partial charge is 0.369 e. The van der Waals surface area contributed by atoms with Gasteiger partial charge in [0.25, 0.3) is 0 Å². The Labute approximate surface area is 138 Å². The van der Waals surface area contributed by atoms with Crippen LogP contribution >= 0.6 is 34.8 Å². The average molecular weight is 375 g/mol. The number of alkyl halides is 3. The number of hydrogen-bond acceptors (Lipinski definition) is 4. The molecule has 0 heterocycles. The first-order valence-corrected chi connectivity index (χ1v) is 8.30. The molecular weight excluding hydrogens is 361 g/mol. The van der Waals surface area contributed by atoms with E-state index in [9.17, 15) is 8.42 Å². The first kappa shape index (κ1) is 18.3. The Bertz CT molecular complexity index is 573. The van der Waals surface area contributed by atoms with E-state index in [1.54, 1.807) is 0 Å². The molecule has 0 radical (unpaired) electrons. The van der Waals surface area contributed by atoms with Gasteiger partial charge in [-0.1, -0.05) is 65.1 Å². The summed E-state index contributed by atoms with van der Waals surface area (Å²) in [5.74, 6) is -0.296. The summed E-state index contributed by atoms with van der Waals surface area (Å²) in [6.07, 6.45) is 0.623. The number of halogens is 3. The van der Waals surface area contributed by atoms with Crippen molar-refractivity contribution in [3.63, 3.8) is 0 Å². The second kappa shape index (κ2) is 8.05. The summed E-state index contributed by atoms with van der Waals surface area (Å²) in [6, 6.07) is 9.56. The predicted molar refractivity (Wildman–Crippen MR) is 84.9 cm³/mol. The highest BCUT2D eigenvalue weighted by Crippen LogP contribution is 2.26. The van der Waals surface area contributed by atoms with Crippen LogP contribution in [-0.2, 0) is 20.9 Å². The summed E-state index contributed by atoms with van der Waals surface area (Å²) in [4.78, 5) is 3.87. The SMILES string of the molecule is NC(=NCCc1ccccc1)NS(=O)(=O)OCC(Cl)(Cl)Cl. The average Bonchev–Trinajstić information content (AvgIpc) is 2.36. The highest BCUT2D eigenvalue weighted by molar-refractivity contribution is 7.85. The van der Waals surface area contributed by atoms with Gasteiger partial charge in [-0.05, 0) is 12.0 Å². The van der Waals surface area contributed by atoms with E-state index in [1.807, 2.05) is 35.1 Å². The van der Waals surface area contributed by atoms with Gasteiger partial charge in [0.15, 0.2) is 0 Å². The smallest absolute Gasteiger partial charge is 0.362 e. The van der Waals surface area contributed by atoms with Crippen molar-refractivity contribution < 1.29 is 12.6 Å². The molecule has 0 bridgehead atoms. The van der Waals surface area contributed by atoms with Gasteiger partial charge in [-0.2, -0.15) is 8.42 Å². The fourth-order valence-electron chi connectivity index (χ4n) is 1.28. The third-order valence-electron chi connectivity index (χ3n) is 2.13. The summed E-state index contributed by atoms with van der Waals surface area (Å²) in [5.41, 5.74) is 6.50. The van der Waals surface area contributed by atoms with Crippen LogP contribution in [0.2, 0.25) is 0 Å². The topological polar surface area (TPSA) is 93.8 Å². The number of nitrogens with two attached hydrogens (primary N) is 1. The van der Waals surface area contributed by atoms with Crippen LogP contribution in [0.15, 0.2) is 35.3 Å². The zero-order valence-electron chi connectivity index (χ0n) is 10.8. The highest BCUT2D eigenvalue weighted by Gasteiger charge is 2.24. The third-order valence-corrected chi connectivity index (χ3v) is 3.35. The van der Waals surface area contributed by atoms with Crippen molar-refractivity contribution in [3.8, 4) is 0 Å². The molecule has 0 fully saturated rings. The number of nitrogens with zero attached hydrogens (tertiary/aromatic N) is 1. The normalized spacial score (nSPS) is 13.2. The highest BCUT2D eigenvalue weighted by atomic mass is 35.6. The van der Waals surface area contributed by atoms with Gasteiger partial charge >= 0.3 is 10.3 Å². The number of hydrogen-bond donors (Lipinski definition) is 2. The van der Waals surface area contributed by atoms with E-state index in [1.165, 1.54) is 0 Å². The quantitative estimate of drug-likeness (QED) is 0.451. The van der Waals surface area contributed by atoms with Crippen LogP contribution in [-0.4, -0.2) is 31.3 Å². The molecular formula is C11H14Cl3N3O3S. The van der Waals surface area contributed by atoms with Crippen molar-refractivity contribution in [2.45, 2.75) is 10.2 Å². The molecule has 1 aromatic rings. The summed E-state index contributed by atoms with van der Waals surface area (Å²) < 4.78 is 27.4. The van der Waals surface area contributed by atoms with E-state index in [0.717, 1.165) is 5.56 Å². The van der Waals surface area contributed by atoms with E-state index >= 15 is 0 Å². The Hall–Kier alpha value is -0.730. The first-order chi connectivity index (χ1) is 9.68. The molecule has 0 amide bonds. The maximum Gasteiger partial charge on any atom is 0.362 e. The van der Waals surface area contributed by atoms with E-state index in [2.05, 4.69) is 9.18 Å². The van der Waals surface area contributed by atoms with Gasteiger partial charge in [0, 0.05) is 6.54 Å². The molecule has 0 aliphatic rings. The zero-order valence-corrected chi connectivity index (χ0v) is 13.9. The number of guanidine groups is 1. The lowest BCUT2D eigenvalue weighted by molar-refractivity contribution is 0.322. The number of aliphatic imine (C=N–C) groups is 1. The van der Waals surface area contributed by atoms with Gasteiger partial charge in [0.2, 0.25) is 9.75 Å². The summed E-state index contributed by atoms with van der Waals surface area (Å²) in [6.45, 7) is -0.312. The molecule has 0 aromatic heterocycles. The first-order valence-electron chi connectivity index (χ1n) is 5.76. The molecule has 21 heavy (non-hydrogen) atoms. The summed E-state index contributed by atoms with van der Waals surface area (Å²) in [5, 5.41) is 0. The van der Waals surface area contributed by atoms with Crippen LogP contribution in [0.1, 0.15) is 5.56 Å². The maximum absolute atomic E-state index is 11.5. The molecule has 0 spiro atoms. The van der Waals surface area contributed by atoms with Crippen LogP contribution in [0, 0.1) is 0 Å². The minimum Gasteiger partial charge on any atom is -0.369 e. The summed E-state index contributed by atoms with van der Waals surface area (Å²) in [7, 11) is -4.17. The minimum absolute atomic E-state index is 0.296.